The molecule has 1 aromatic carbocycles. The van der Waals surface area contributed by atoms with Crippen LogP contribution in [-0.4, -0.2) is 35.7 Å². The van der Waals surface area contributed by atoms with Crippen LogP contribution in [0.3, 0.4) is 0 Å². The molecule has 0 spiro atoms. The van der Waals surface area contributed by atoms with Crippen molar-refractivity contribution in [3.05, 3.63) is 35.9 Å². The molecule has 17 heavy (non-hydrogen) atoms. The van der Waals surface area contributed by atoms with Gasteiger partial charge in [0, 0.05) is 11.5 Å². The summed E-state index contributed by atoms with van der Waals surface area (Å²) in [6.45, 7) is 2.66. The van der Waals surface area contributed by atoms with Gasteiger partial charge in [0.15, 0.2) is 0 Å². The smallest absolute Gasteiger partial charge is 0.0543 e. The molecule has 0 amide bonds. The maximum Gasteiger partial charge on any atom is 0.0543 e. The molecular formula is C15H21NO. The van der Waals surface area contributed by atoms with E-state index in [2.05, 4.69) is 35.2 Å². The van der Waals surface area contributed by atoms with E-state index < -0.39 is 0 Å². The Morgan fingerprint density at radius 1 is 1.18 bits per heavy atom. The number of rotatable bonds is 2. The second-order valence-electron chi connectivity index (χ2n) is 5.48. The molecule has 0 bridgehead atoms. The van der Waals surface area contributed by atoms with Crippen molar-refractivity contribution in [3.8, 4) is 0 Å². The van der Waals surface area contributed by atoms with E-state index in [1.54, 1.807) is 0 Å². The average molecular weight is 231 g/mol. The van der Waals surface area contributed by atoms with Gasteiger partial charge in [0.25, 0.3) is 0 Å². The Labute approximate surface area is 103 Å². The lowest BCUT2D eigenvalue weighted by molar-refractivity contribution is 0.108. The van der Waals surface area contributed by atoms with E-state index in [1.165, 1.54) is 31.4 Å². The zero-order valence-electron chi connectivity index (χ0n) is 10.3. The summed E-state index contributed by atoms with van der Waals surface area (Å²) >= 11 is 0. The van der Waals surface area contributed by atoms with Gasteiger partial charge < -0.3 is 5.11 Å². The zero-order valence-corrected chi connectivity index (χ0v) is 10.3. The number of benzene rings is 1. The number of hydrogen-bond acceptors (Lipinski definition) is 2. The number of aliphatic hydroxyl groups excluding tert-OH is 1. The molecule has 2 aliphatic rings. The first-order chi connectivity index (χ1) is 8.37. The lowest BCUT2D eigenvalue weighted by Crippen LogP contribution is -2.47. The first kappa shape index (κ1) is 11.2. The fourth-order valence-corrected chi connectivity index (χ4v) is 3.78. The zero-order chi connectivity index (χ0) is 11.7. The Bertz CT molecular complexity index is 378. The number of hydrogen-bond donors (Lipinski definition) is 1. The fourth-order valence-electron chi connectivity index (χ4n) is 3.78. The van der Waals surface area contributed by atoms with Crippen LogP contribution in [-0.2, 0) is 5.41 Å². The Morgan fingerprint density at radius 2 is 2.00 bits per heavy atom. The van der Waals surface area contributed by atoms with E-state index in [1.807, 2.05) is 0 Å². The molecule has 2 heteroatoms. The summed E-state index contributed by atoms with van der Waals surface area (Å²) in [5.41, 5.74) is 1.33. The molecule has 2 aliphatic heterocycles. The van der Waals surface area contributed by atoms with Crippen LogP contribution >= 0.6 is 0 Å². The Morgan fingerprint density at radius 3 is 2.76 bits per heavy atom. The van der Waals surface area contributed by atoms with Crippen LogP contribution in [0.15, 0.2) is 30.3 Å². The first-order valence-electron chi connectivity index (χ1n) is 6.77. The third-order valence-corrected chi connectivity index (χ3v) is 4.73. The molecule has 0 aromatic heterocycles. The van der Waals surface area contributed by atoms with Gasteiger partial charge in [0.1, 0.15) is 0 Å². The van der Waals surface area contributed by atoms with Crippen molar-refractivity contribution in [2.45, 2.75) is 37.1 Å². The predicted molar refractivity (Wildman–Crippen MR) is 69.0 cm³/mol. The minimum atomic E-state index is 0.00167. The molecule has 0 saturated carbocycles. The largest absolute Gasteiger partial charge is 0.395 e. The lowest BCUT2D eigenvalue weighted by Gasteiger charge is -2.40. The highest BCUT2D eigenvalue weighted by atomic mass is 16.3. The molecule has 2 saturated heterocycles. The van der Waals surface area contributed by atoms with Crippen LogP contribution in [0.4, 0.5) is 0 Å². The van der Waals surface area contributed by atoms with Gasteiger partial charge in [-0.25, -0.2) is 0 Å². The second-order valence-corrected chi connectivity index (χ2v) is 5.48. The second kappa shape index (κ2) is 4.43. The average Bonchev–Trinajstić information content (AvgIpc) is 2.80. The molecule has 1 N–H and O–H groups in total. The van der Waals surface area contributed by atoms with Crippen LogP contribution < -0.4 is 0 Å². The maximum atomic E-state index is 9.98. The molecule has 92 valence electrons. The van der Waals surface area contributed by atoms with Crippen molar-refractivity contribution in [1.82, 2.24) is 4.90 Å². The van der Waals surface area contributed by atoms with E-state index in [-0.39, 0.29) is 12.0 Å². The van der Waals surface area contributed by atoms with Gasteiger partial charge in [-0.3, -0.25) is 4.90 Å². The molecule has 1 aromatic rings. The third-order valence-electron chi connectivity index (χ3n) is 4.73. The van der Waals surface area contributed by atoms with Crippen LogP contribution in [0.2, 0.25) is 0 Å². The van der Waals surface area contributed by atoms with Crippen molar-refractivity contribution in [2.24, 2.45) is 0 Å². The van der Waals surface area contributed by atoms with E-state index in [4.69, 9.17) is 0 Å². The minimum Gasteiger partial charge on any atom is -0.395 e. The number of nitrogens with zero attached hydrogens (tertiary/aromatic N) is 1. The van der Waals surface area contributed by atoms with Gasteiger partial charge in [0.2, 0.25) is 0 Å². The lowest BCUT2D eigenvalue weighted by atomic mass is 9.72. The van der Waals surface area contributed by atoms with E-state index in [0.29, 0.717) is 6.04 Å². The minimum absolute atomic E-state index is 0.00167. The molecule has 2 nitrogen and oxygen atoms in total. The molecule has 0 unspecified atom stereocenters. The van der Waals surface area contributed by atoms with E-state index in [9.17, 15) is 5.11 Å². The summed E-state index contributed by atoms with van der Waals surface area (Å²) in [5, 5.41) is 9.98. The highest BCUT2D eigenvalue weighted by Gasteiger charge is 2.48. The molecule has 2 atom stereocenters. The third kappa shape index (κ3) is 1.71. The Kier molecular flexibility index (Phi) is 2.93. The van der Waals surface area contributed by atoms with Crippen LogP contribution in [0.25, 0.3) is 0 Å². The van der Waals surface area contributed by atoms with E-state index >= 15 is 0 Å². The maximum absolute atomic E-state index is 9.98. The summed E-state index contributed by atoms with van der Waals surface area (Å²) in [7, 11) is 0. The van der Waals surface area contributed by atoms with Crippen molar-refractivity contribution in [1.29, 1.82) is 0 Å². The number of fused-ring (bicyclic) bond motifs is 1. The molecular weight excluding hydrogens is 210 g/mol. The van der Waals surface area contributed by atoms with Crippen molar-refractivity contribution < 1.29 is 5.11 Å². The topological polar surface area (TPSA) is 23.5 Å². The Balaban J connectivity index is 1.97. The van der Waals surface area contributed by atoms with E-state index in [0.717, 1.165) is 13.0 Å². The summed E-state index contributed by atoms with van der Waals surface area (Å²) < 4.78 is 0. The van der Waals surface area contributed by atoms with Gasteiger partial charge in [-0.15, -0.1) is 0 Å². The summed E-state index contributed by atoms with van der Waals surface area (Å²) in [4.78, 5) is 2.59. The highest BCUT2D eigenvalue weighted by molar-refractivity contribution is 5.30. The van der Waals surface area contributed by atoms with Gasteiger partial charge >= 0.3 is 0 Å². The van der Waals surface area contributed by atoms with Gasteiger partial charge in [-0.2, -0.15) is 0 Å². The van der Waals surface area contributed by atoms with Crippen molar-refractivity contribution >= 4 is 0 Å². The fraction of sp³-hybridized carbons (Fsp3) is 0.600. The normalized spacial score (nSPS) is 33.6. The predicted octanol–water partition coefficient (Wildman–Crippen LogP) is 2.17. The number of piperidine rings is 1. The van der Waals surface area contributed by atoms with Gasteiger partial charge in [-0.05, 0) is 37.9 Å². The van der Waals surface area contributed by atoms with Crippen LogP contribution in [0.5, 0.6) is 0 Å². The summed E-state index contributed by atoms with van der Waals surface area (Å²) in [5.74, 6) is 0. The van der Waals surface area contributed by atoms with Crippen molar-refractivity contribution in [2.75, 3.05) is 19.7 Å². The molecule has 2 fully saturated rings. The summed E-state index contributed by atoms with van der Waals surface area (Å²) in [6.07, 6.45) is 5.00. The molecule has 0 aliphatic carbocycles. The van der Waals surface area contributed by atoms with Gasteiger partial charge in [-0.1, -0.05) is 36.8 Å². The quantitative estimate of drug-likeness (QED) is 0.843. The SMILES string of the molecule is OC[C@@]1(c2ccccc2)CCN2CCCC[C@H]21. The molecule has 3 rings (SSSR count). The van der Waals surface area contributed by atoms with Crippen LogP contribution in [0.1, 0.15) is 31.2 Å². The standard InChI is InChI=1S/C15H21NO/c17-12-15(13-6-2-1-3-7-13)9-11-16-10-5-4-8-14(15)16/h1-3,6-7,14,17H,4-5,8-12H2/t14-,15+/m0/s1. The molecule has 2 heterocycles. The van der Waals surface area contributed by atoms with Gasteiger partial charge in [0.05, 0.1) is 6.61 Å². The number of aliphatic hydroxyl groups is 1. The monoisotopic (exact) mass is 231 g/mol. The Hall–Kier alpha value is -0.860. The molecule has 0 radical (unpaired) electrons. The highest BCUT2D eigenvalue weighted by Crippen LogP contribution is 2.43. The summed E-state index contributed by atoms with van der Waals surface area (Å²) in [6, 6.07) is 11.2. The van der Waals surface area contributed by atoms with Crippen molar-refractivity contribution in [3.63, 3.8) is 0 Å². The first-order valence-corrected chi connectivity index (χ1v) is 6.77. The van der Waals surface area contributed by atoms with Crippen LogP contribution in [0, 0.1) is 0 Å².